The zero-order valence-corrected chi connectivity index (χ0v) is 16.5. The minimum atomic E-state index is -1.23. The molecule has 4 rings (SSSR count). The summed E-state index contributed by atoms with van der Waals surface area (Å²) >= 11 is 0. The van der Waals surface area contributed by atoms with Crippen LogP contribution in [0.5, 0.6) is 5.75 Å². The number of phenols is 1. The molecule has 2 amide bonds. The fourth-order valence-corrected chi connectivity index (χ4v) is 4.63. The minimum absolute atomic E-state index is 0.106. The number of benzene rings is 2. The van der Waals surface area contributed by atoms with E-state index in [1.54, 1.807) is 36.5 Å². The quantitative estimate of drug-likeness (QED) is 0.598. The predicted octanol–water partition coefficient (Wildman–Crippen LogP) is 1.06. The van der Waals surface area contributed by atoms with Crippen LogP contribution >= 0.6 is 0 Å². The second kappa shape index (κ2) is 6.70. The molecule has 2 aromatic rings. The van der Waals surface area contributed by atoms with Gasteiger partial charge in [-0.3, -0.25) is 9.59 Å². The molecular weight excluding hydrogens is 372 g/mol. The summed E-state index contributed by atoms with van der Waals surface area (Å²) in [6.45, 7) is 3.58. The van der Waals surface area contributed by atoms with Gasteiger partial charge in [-0.05, 0) is 43.3 Å². The van der Waals surface area contributed by atoms with E-state index < -0.39 is 35.3 Å². The maximum atomic E-state index is 13.4. The molecular formula is C22H23N2O5+. The lowest BCUT2D eigenvalue weighted by molar-refractivity contribution is -0.730. The van der Waals surface area contributed by atoms with Crippen molar-refractivity contribution in [2.75, 3.05) is 12.0 Å². The van der Waals surface area contributed by atoms with E-state index in [0.717, 1.165) is 11.1 Å². The number of ether oxygens (including phenoxy) is 1. The van der Waals surface area contributed by atoms with E-state index in [1.165, 1.54) is 24.1 Å². The maximum absolute atomic E-state index is 13.4. The topological polar surface area (TPSA) is 101 Å². The Morgan fingerprint density at radius 2 is 1.69 bits per heavy atom. The number of carbonyl (C=O) groups is 3. The molecule has 150 valence electrons. The summed E-state index contributed by atoms with van der Waals surface area (Å²) in [5.41, 5.74) is 1.05. The van der Waals surface area contributed by atoms with Gasteiger partial charge in [0.05, 0.1) is 12.8 Å². The van der Waals surface area contributed by atoms with Crippen molar-refractivity contribution in [1.29, 1.82) is 0 Å². The maximum Gasteiger partial charge on any atom is 0.368 e. The summed E-state index contributed by atoms with van der Waals surface area (Å²) in [4.78, 5) is 40.7. The summed E-state index contributed by atoms with van der Waals surface area (Å²) in [6.07, 6.45) is 0. The number of fused-ring (bicyclic) bond motifs is 1. The van der Waals surface area contributed by atoms with E-state index in [-0.39, 0.29) is 11.7 Å². The van der Waals surface area contributed by atoms with Gasteiger partial charge in [0.2, 0.25) is 17.4 Å². The van der Waals surface area contributed by atoms with Gasteiger partial charge in [0, 0.05) is 12.5 Å². The van der Waals surface area contributed by atoms with Crippen LogP contribution in [0.4, 0.5) is 5.69 Å². The number of hydrogen-bond acceptors (Lipinski definition) is 5. The van der Waals surface area contributed by atoms with Crippen LogP contribution in [0.2, 0.25) is 0 Å². The number of anilines is 1. The van der Waals surface area contributed by atoms with Crippen molar-refractivity contribution in [2.24, 2.45) is 11.8 Å². The van der Waals surface area contributed by atoms with Crippen LogP contribution in [-0.2, 0) is 19.1 Å². The van der Waals surface area contributed by atoms with Gasteiger partial charge < -0.3 is 15.2 Å². The van der Waals surface area contributed by atoms with E-state index >= 15 is 0 Å². The van der Waals surface area contributed by atoms with Crippen LogP contribution in [0, 0.1) is 18.8 Å². The average molecular weight is 395 g/mol. The molecule has 4 atom stereocenters. The molecule has 2 saturated heterocycles. The predicted molar refractivity (Wildman–Crippen MR) is 104 cm³/mol. The van der Waals surface area contributed by atoms with E-state index in [1.807, 2.05) is 19.1 Å². The van der Waals surface area contributed by atoms with Gasteiger partial charge in [-0.15, -0.1) is 0 Å². The molecule has 2 aromatic carbocycles. The van der Waals surface area contributed by atoms with Crippen molar-refractivity contribution in [3.05, 3.63) is 59.7 Å². The normalized spacial score (nSPS) is 28.5. The largest absolute Gasteiger partial charge is 0.508 e. The van der Waals surface area contributed by atoms with E-state index in [2.05, 4.69) is 0 Å². The monoisotopic (exact) mass is 395 g/mol. The first-order valence-corrected chi connectivity index (χ1v) is 9.46. The smallest absolute Gasteiger partial charge is 0.368 e. The molecule has 2 aliphatic rings. The summed E-state index contributed by atoms with van der Waals surface area (Å²) in [6, 6.07) is 13.2. The number of carbonyl (C=O) groups excluding carboxylic acids is 3. The molecule has 2 aliphatic heterocycles. The van der Waals surface area contributed by atoms with Gasteiger partial charge >= 0.3 is 5.97 Å². The number of nitrogens with two attached hydrogens (primary N) is 1. The van der Waals surface area contributed by atoms with Gasteiger partial charge in [-0.25, -0.2) is 9.69 Å². The highest BCUT2D eigenvalue weighted by molar-refractivity contribution is 6.23. The summed E-state index contributed by atoms with van der Waals surface area (Å²) in [5, 5.41) is 11.4. The van der Waals surface area contributed by atoms with Crippen LogP contribution in [0.3, 0.4) is 0 Å². The Morgan fingerprint density at radius 3 is 2.28 bits per heavy atom. The number of hydrogen-bond donors (Lipinski definition) is 2. The summed E-state index contributed by atoms with van der Waals surface area (Å²) < 4.78 is 5.00. The van der Waals surface area contributed by atoms with Gasteiger partial charge in [0.25, 0.3) is 0 Å². The van der Waals surface area contributed by atoms with Crippen LogP contribution in [-0.4, -0.2) is 35.5 Å². The fourth-order valence-electron chi connectivity index (χ4n) is 4.63. The number of phenolic OH excluding ortho intramolecular Hbond substituents is 1. The first-order chi connectivity index (χ1) is 13.8. The molecule has 7 heteroatoms. The number of aryl methyl sites for hydroxylation is 1. The Balaban J connectivity index is 1.81. The molecule has 7 nitrogen and oxygen atoms in total. The Morgan fingerprint density at radius 1 is 1.07 bits per heavy atom. The van der Waals surface area contributed by atoms with Gasteiger partial charge in [-0.1, -0.05) is 17.7 Å². The first-order valence-electron chi connectivity index (χ1n) is 9.46. The molecule has 0 aromatic heterocycles. The lowest BCUT2D eigenvalue weighted by Gasteiger charge is -2.25. The third-order valence-electron chi connectivity index (χ3n) is 6.11. The zero-order chi connectivity index (χ0) is 20.9. The zero-order valence-electron chi connectivity index (χ0n) is 16.5. The van der Waals surface area contributed by atoms with Crippen molar-refractivity contribution in [3.63, 3.8) is 0 Å². The average Bonchev–Trinajstić information content (AvgIpc) is 3.17. The Bertz CT molecular complexity index is 985. The lowest BCUT2D eigenvalue weighted by Crippen LogP contribution is -2.97. The Kier molecular flexibility index (Phi) is 4.42. The highest BCUT2D eigenvalue weighted by Gasteiger charge is 2.70. The van der Waals surface area contributed by atoms with E-state index in [4.69, 9.17) is 4.74 Å². The Labute approximate surface area is 168 Å². The molecule has 2 fully saturated rings. The van der Waals surface area contributed by atoms with Crippen LogP contribution in [0.1, 0.15) is 24.1 Å². The van der Waals surface area contributed by atoms with Crippen LogP contribution < -0.4 is 10.2 Å². The first kappa shape index (κ1) is 19.1. The molecule has 0 bridgehead atoms. The fraction of sp³-hybridized carbons (Fsp3) is 0.318. The molecule has 3 N–H and O–H groups in total. The van der Waals surface area contributed by atoms with Gasteiger partial charge in [0.1, 0.15) is 23.6 Å². The minimum Gasteiger partial charge on any atom is -0.508 e. The summed E-state index contributed by atoms with van der Waals surface area (Å²) in [5.74, 6) is -2.71. The van der Waals surface area contributed by atoms with Crippen molar-refractivity contribution in [2.45, 2.75) is 25.4 Å². The Hall–Kier alpha value is -3.19. The number of aromatic hydroxyl groups is 1. The van der Waals surface area contributed by atoms with E-state index in [0.29, 0.717) is 5.69 Å². The third-order valence-corrected chi connectivity index (χ3v) is 6.11. The number of amides is 2. The van der Waals surface area contributed by atoms with Crippen LogP contribution in [0.25, 0.3) is 0 Å². The number of imide groups is 1. The highest BCUT2D eigenvalue weighted by atomic mass is 16.5. The molecule has 29 heavy (non-hydrogen) atoms. The lowest BCUT2D eigenvalue weighted by atomic mass is 9.80. The second-order valence-electron chi connectivity index (χ2n) is 7.91. The standard InChI is InChI=1S/C22H22N2O5/c1-12-4-8-14(9-5-12)24-19(26)16-17(20(24)27)22(2,21(28)29-3)23-18(16)13-6-10-15(25)11-7-13/h4-11,16-18,23,25H,1-3H3/p+1/t16-,17-,18+,22+/m0/s1. The molecule has 0 radical (unpaired) electrons. The molecule has 2 heterocycles. The SMILES string of the molecule is COC(=O)[C@]1(C)[NH2+][C@H](c2ccc(O)cc2)[C@H]2C(=O)N(c3ccc(C)cc3)C(=O)[C@H]21. The number of quaternary nitrogens is 1. The number of nitrogens with zero attached hydrogens (tertiary/aromatic N) is 1. The van der Waals surface area contributed by atoms with Crippen molar-refractivity contribution < 1.29 is 29.5 Å². The van der Waals surface area contributed by atoms with Crippen molar-refractivity contribution >= 4 is 23.5 Å². The highest BCUT2D eigenvalue weighted by Crippen LogP contribution is 2.45. The third kappa shape index (κ3) is 2.81. The van der Waals surface area contributed by atoms with Gasteiger partial charge in [0.15, 0.2) is 0 Å². The molecule has 0 saturated carbocycles. The molecule has 0 spiro atoms. The van der Waals surface area contributed by atoms with E-state index in [9.17, 15) is 19.5 Å². The second-order valence-corrected chi connectivity index (χ2v) is 7.91. The molecule has 0 aliphatic carbocycles. The van der Waals surface area contributed by atoms with Crippen LogP contribution in [0.15, 0.2) is 48.5 Å². The number of rotatable bonds is 3. The van der Waals surface area contributed by atoms with Crippen molar-refractivity contribution in [3.8, 4) is 5.75 Å². The summed E-state index contributed by atoms with van der Waals surface area (Å²) in [7, 11) is 1.28. The molecule has 0 unspecified atom stereocenters. The number of methoxy groups -OCH3 is 1. The van der Waals surface area contributed by atoms with Crippen molar-refractivity contribution in [1.82, 2.24) is 0 Å². The number of esters is 1. The van der Waals surface area contributed by atoms with Gasteiger partial charge in [-0.2, -0.15) is 0 Å².